The fourth-order valence-corrected chi connectivity index (χ4v) is 2.39. The Balaban J connectivity index is 1.82. The molecule has 1 fully saturated rings. The highest BCUT2D eigenvalue weighted by Crippen LogP contribution is 2.18. The summed E-state index contributed by atoms with van der Waals surface area (Å²) < 4.78 is 2.05. The first-order chi connectivity index (χ1) is 10.1. The van der Waals surface area contributed by atoms with Gasteiger partial charge in [0.25, 0.3) is 5.56 Å². The molecule has 7 heteroatoms. The molecule has 6 nitrogen and oxygen atoms in total. The number of nitrogens with one attached hydrogen (secondary N) is 2. The number of aromatic nitrogens is 2. The fraction of sp³-hybridized carbons (Fsp3) is 0.714. The third kappa shape index (κ3) is 5.41. The fourth-order valence-electron chi connectivity index (χ4n) is 1.95. The van der Waals surface area contributed by atoms with Crippen molar-refractivity contribution in [2.24, 2.45) is 0 Å². The van der Waals surface area contributed by atoms with Gasteiger partial charge in [0.15, 0.2) is 0 Å². The van der Waals surface area contributed by atoms with Crippen LogP contribution in [0, 0.1) is 0 Å². The lowest BCUT2D eigenvalue weighted by molar-refractivity contribution is 0.367. The second-order valence-electron chi connectivity index (χ2n) is 5.71. The van der Waals surface area contributed by atoms with Crippen LogP contribution in [0.3, 0.4) is 0 Å². The molecule has 0 radical (unpaired) electrons. The van der Waals surface area contributed by atoms with Gasteiger partial charge in [-0.15, -0.1) is 0 Å². The molecule has 0 aliphatic heterocycles. The lowest BCUT2D eigenvalue weighted by Crippen LogP contribution is -2.29. The Hall–Kier alpha value is -0.920. The molecule has 1 aliphatic rings. The number of hydrogen-bond acceptors (Lipinski definition) is 5. The molecule has 21 heavy (non-hydrogen) atoms. The number of nitrogens with zero attached hydrogens (tertiary/aromatic N) is 3. The standard InChI is InChI=1S/C14H24BrN5O/c1-19(2)8-9-20-14(21)13(15)12(10-18-20)17-7-3-6-16-11-4-5-11/h10-11,16-17H,3-9H2,1-2H3. The van der Waals surface area contributed by atoms with Crippen molar-refractivity contribution in [2.75, 3.05) is 39.0 Å². The zero-order valence-corrected chi connectivity index (χ0v) is 14.3. The van der Waals surface area contributed by atoms with E-state index in [2.05, 4.69) is 31.7 Å². The van der Waals surface area contributed by atoms with E-state index >= 15 is 0 Å². The van der Waals surface area contributed by atoms with Crippen LogP contribution in [0.2, 0.25) is 0 Å². The molecule has 2 N–H and O–H groups in total. The van der Waals surface area contributed by atoms with Crippen LogP contribution in [0.5, 0.6) is 0 Å². The molecular formula is C14H24BrN5O. The number of rotatable bonds is 9. The predicted octanol–water partition coefficient (Wildman–Crippen LogP) is 1.12. The Bertz CT molecular complexity index is 513. The molecule has 2 rings (SSSR count). The molecule has 1 heterocycles. The topological polar surface area (TPSA) is 62.2 Å². The summed E-state index contributed by atoms with van der Waals surface area (Å²) in [5.41, 5.74) is 0.686. The normalized spacial score (nSPS) is 14.7. The van der Waals surface area contributed by atoms with E-state index in [0.29, 0.717) is 11.0 Å². The van der Waals surface area contributed by atoms with Crippen molar-refractivity contribution in [1.29, 1.82) is 0 Å². The second kappa shape index (κ2) is 7.91. The predicted molar refractivity (Wildman–Crippen MR) is 88.9 cm³/mol. The van der Waals surface area contributed by atoms with E-state index in [1.807, 2.05) is 19.0 Å². The lowest BCUT2D eigenvalue weighted by atomic mass is 10.4. The van der Waals surface area contributed by atoms with Crippen molar-refractivity contribution in [3.63, 3.8) is 0 Å². The smallest absolute Gasteiger partial charge is 0.283 e. The third-order valence-corrected chi connectivity index (χ3v) is 4.19. The molecule has 0 amide bonds. The van der Waals surface area contributed by atoms with E-state index in [-0.39, 0.29) is 5.56 Å². The molecule has 0 atom stereocenters. The summed E-state index contributed by atoms with van der Waals surface area (Å²) in [5, 5.41) is 11.0. The van der Waals surface area contributed by atoms with E-state index in [0.717, 1.165) is 37.8 Å². The van der Waals surface area contributed by atoms with Crippen LogP contribution < -0.4 is 16.2 Å². The molecule has 1 aromatic heterocycles. The molecular weight excluding hydrogens is 334 g/mol. The van der Waals surface area contributed by atoms with Crippen LogP contribution in [-0.2, 0) is 6.54 Å². The summed E-state index contributed by atoms with van der Waals surface area (Å²) in [6, 6.07) is 0.749. The highest BCUT2D eigenvalue weighted by Gasteiger charge is 2.19. The zero-order chi connectivity index (χ0) is 15.2. The highest BCUT2D eigenvalue weighted by atomic mass is 79.9. The SMILES string of the molecule is CN(C)CCn1ncc(NCCCNC2CC2)c(Br)c1=O. The summed E-state index contributed by atoms with van der Waals surface area (Å²) in [7, 11) is 3.96. The van der Waals surface area contributed by atoms with Crippen LogP contribution in [0.25, 0.3) is 0 Å². The maximum atomic E-state index is 12.2. The molecule has 0 saturated heterocycles. The van der Waals surface area contributed by atoms with Crippen molar-refractivity contribution in [3.05, 3.63) is 21.0 Å². The van der Waals surface area contributed by atoms with Crippen LogP contribution in [0.1, 0.15) is 19.3 Å². The van der Waals surface area contributed by atoms with Crippen LogP contribution in [0.4, 0.5) is 5.69 Å². The Morgan fingerprint density at radius 3 is 2.86 bits per heavy atom. The van der Waals surface area contributed by atoms with Crippen molar-refractivity contribution in [2.45, 2.75) is 31.8 Å². The van der Waals surface area contributed by atoms with Gasteiger partial charge in [0.2, 0.25) is 0 Å². The number of anilines is 1. The average Bonchev–Trinajstić information content (AvgIpc) is 3.26. The van der Waals surface area contributed by atoms with Gasteiger partial charge in [-0.05, 0) is 55.8 Å². The molecule has 1 saturated carbocycles. The summed E-state index contributed by atoms with van der Waals surface area (Å²) in [6.45, 7) is 3.23. The number of likely N-dealkylation sites (N-methyl/N-ethyl adjacent to an activating group) is 1. The van der Waals surface area contributed by atoms with Gasteiger partial charge in [0, 0.05) is 19.1 Å². The van der Waals surface area contributed by atoms with Gasteiger partial charge in [-0.2, -0.15) is 5.10 Å². The molecule has 0 bridgehead atoms. The largest absolute Gasteiger partial charge is 0.383 e. The molecule has 0 spiro atoms. The molecule has 118 valence electrons. The van der Waals surface area contributed by atoms with Gasteiger partial charge in [0.05, 0.1) is 18.4 Å². The molecule has 0 aromatic carbocycles. The average molecular weight is 358 g/mol. The van der Waals surface area contributed by atoms with Crippen molar-refractivity contribution >= 4 is 21.6 Å². The Morgan fingerprint density at radius 1 is 1.43 bits per heavy atom. The lowest BCUT2D eigenvalue weighted by Gasteiger charge is -2.13. The van der Waals surface area contributed by atoms with Gasteiger partial charge >= 0.3 is 0 Å². The van der Waals surface area contributed by atoms with E-state index in [1.165, 1.54) is 17.5 Å². The third-order valence-electron chi connectivity index (χ3n) is 3.42. The van der Waals surface area contributed by atoms with E-state index in [9.17, 15) is 4.79 Å². The Kier molecular flexibility index (Phi) is 6.20. The Labute approximate surface area is 134 Å². The van der Waals surface area contributed by atoms with Crippen LogP contribution in [-0.4, -0.2) is 54.5 Å². The van der Waals surface area contributed by atoms with Gasteiger partial charge < -0.3 is 15.5 Å². The Morgan fingerprint density at radius 2 is 2.19 bits per heavy atom. The number of hydrogen-bond donors (Lipinski definition) is 2. The van der Waals surface area contributed by atoms with E-state index in [4.69, 9.17) is 0 Å². The van der Waals surface area contributed by atoms with Crippen molar-refractivity contribution in [3.8, 4) is 0 Å². The first kappa shape index (κ1) is 16.5. The zero-order valence-electron chi connectivity index (χ0n) is 12.7. The summed E-state index contributed by atoms with van der Waals surface area (Å²) in [4.78, 5) is 14.2. The first-order valence-corrected chi connectivity index (χ1v) is 8.25. The molecule has 1 aliphatic carbocycles. The molecule has 0 unspecified atom stereocenters. The quantitative estimate of drug-likeness (QED) is 0.648. The maximum Gasteiger partial charge on any atom is 0.283 e. The van der Waals surface area contributed by atoms with Gasteiger partial charge in [-0.1, -0.05) is 0 Å². The summed E-state index contributed by atoms with van der Waals surface area (Å²) >= 11 is 3.38. The summed E-state index contributed by atoms with van der Waals surface area (Å²) in [5.74, 6) is 0. The second-order valence-corrected chi connectivity index (χ2v) is 6.51. The van der Waals surface area contributed by atoms with Crippen LogP contribution in [0.15, 0.2) is 15.5 Å². The van der Waals surface area contributed by atoms with E-state index < -0.39 is 0 Å². The highest BCUT2D eigenvalue weighted by molar-refractivity contribution is 9.10. The van der Waals surface area contributed by atoms with Crippen LogP contribution >= 0.6 is 15.9 Å². The van der Waals surface area contributed by atoms with Gasteiger partial charge in [-0.25, -0.2) is 4.68 Å². The summed E-state index contributed by atoms with van der Waals surface area (Å²) in [6.07, 6.45) is 5.38. The minimum atomic E-state index is -0.0852. The van der Waals surface area contributed by atoms with Crippen molar-refractivity contribution in [1.82, 2.24) is 20.0 Å². The van der Waals surface area contributed by atoms with Gasteiger partial charge in [0.1, 0.15) is 4.47 Å². The minimum Gasteiger partial charge on any atom is -0.383 e. The van der Waals surface area contributed by atoms with Gasteiger partial charge in [-0.3, -0.25) is 4.79 Å². The number of halogens is 1. The monoisotopic (exact) mass is 357 g/mol. The molecule has 1 aromatic rings. The van der Waals surface area contributed by atoms with Crippen molar-refractivity contribution < 1.29 is 0 Å². The van der Waals surface area contributed by atoms with E-state index in [1.54, 1.807) is 6.20 Å². The minimum absolute atomic E-state index is 0.0852. The maximum absolute atomic E-state index is 12.2. The first-order valence-electron chi connectivity index (χ1n) is 7.45.